The average molecular weight is 235 g/mol. The molecule has 0 aliphatic carbocycles. The van der Waals surface area contributed by atoms with Crippen molar-refractivity contribution >= 4 is 17.1 Å². The van der Waals surface area contributed by atoms with Gasteiger partial charge in [-0.15, -0.1) is 0 Å². The number of hydrogen-bond donors (Lipinski definition) is 1. The van der Waals surface area contributed by atoms with E-state index in [4.69, 9.17) is 14.3 Å². The van der Waals surface area contributed by atoms with Gasteiger partial charge in [0, 0.05) is 12.0 Å². The molecule has 0 saturated carbocycles. The molecule has 0 unspecified atom stereocenters. The van der Waals surface area contributed by atoms with Gasteiger partial charge < -0.3 is 14.3 Å². The molecule has 90 valence electrons. The predicted molar refractivity (Wildman–Crippen MR) is 61.6 cm³/mol. The molecule has 1 aromatic heterocycles. The van der Waals surface area contributed by atoms with Crippen LogP contribution in [0, 0.1) is 0 Å². The normalized spacial score (nSPS) is 11.1. The van der Waals surface area contributed by atoms with E-state index in [1.165, 1.54) is 13.2 Å². The highest BCUT2D eigenvalue weighted by Crippen LogP contribution is 2.28. The van der Waals surface area contributed by atoms with Crippen LogP contribution in [-0.2, 0) is 0 Å². The van der Waals surface area contributed by atoms with E-state index in [2.05, 4.69) is 4.98 Å². The van der Waals surface area contributed by atoms with Crippen molar-refractivity contribution in [3.63, 3.8) is 0 Å². The number of methoxy groups -OCH3 is 1. The lowest BCUT2D eigenvalue weighted by Crippen LogP contribution is -1.97. The van der Waals surface area contributed by atoms with Gasteiger partial charge in [-0.05, 0) is 6.07 Å². The summed E-state index contributed by atoms with van der Waals surface area (Å²) < 4.78 is 10.5. The number of oxazole rings is 1. The fourth-order valence-electron chi connectivity index (χ4n) is 1.55. The van der Waals surface area contributed by atoms with Crippen molar-refractivity contribution < 1.29 is 19.1 Å². The van der Waals surface area contributed by atoms with Gasteiger partial charge >= 0.3 is 5.97 Å². The number of benzene rings is 1. The molecule has 0 fully saturated rings. The number of carboxylic acid groups (broad SMARTS) is 1. The van der Waals surface area contributed by atoms with E-state index >= 15 is 0 Å². The maximum Gasteiger partial charge on any atom is 0.339 e. The van der Waals surface area contributed by atoms with Crippen LogP contribution in [0.1, 0.15) is 36.0 Å². The maximum absolute atomic E-state index is 11.1. The highest BCUT2D eigenvalue weighted by molar-refractivity contribution is 6.00. The van der Waals surface area contributed by atoms with Crippen molar-refractivity contribution in [3.05, 3.63) is 23.6 Å². The third kappa shape index (κ3) is 1.95. The van der Waals surface area contributed by atoms with E-state index in [9.17, 15) is 4.79 Å². The van der Waals surface area contributed by atoms with Crippen molar-refractivity contribution in [1.29, 1.82) is 0 Å². The SMILES string of the molecule is COc1cc(C(=O)O)c2oc(C(C)C)nc2c1. The number of nitrogens with zero attached hydrogens (tertiary/aromatic N) is 1. The van der Waals surface area contributed by atoms with Gasteiger partial charge in [0.25, 0.3) is 0 Å². The van der Waals surface area contributed by atoms with E-state index in [0.29, 0.717) is 22.7 Å². The number of aromatic nitrogens is 1. The highest BCUT2D eigenvalue weighted by Gasteiger charge is 2.18. The van der Waals surface area contributed by atoms with E-state index < -0.39 is 5.97 Å². The Bertz CT molecular complexity index is 571. The van der Waals surface area contributed by atoms with Crippen LogP contribution in [0.3, 0.4) is 0 Å². The maximum atomic E-state index is 11.1. The summed E-state index contributed by atoms with van der Waals surface area (Å²) in [6, 6.07) is 3.09. The second kappa shape index (κ2) is 4.08. The molecule has 0 atom stereocenters. The lowest BCUT2D eigenvalue weighted by molar-refractivity contribution is 0.0697. The predicted octanol–water partition coefficient (Wildman–Crippen LogP) is 2.66. The number of hydrogen-bond acceptors (Lipinski definition) is 4. The fourth-order valence-corrected chi connectivity index (χ4v) is 1.55. The fraction of sp³-hybridized carbons (Fsp3) is 0.333. The number of carbonyl (C=O) groups is 1. The van der Waals surface area contributed by atoms with Crippen molar-refractivity contribution in [2.45, 2.75) is 19.8 Å². The van der Waals surface area contributed by atoms with Crippen LogP contribution in [-0.4, -0.2) is 23.2 Å². The third-order valence-corrected chi connectivity index (χ3v) is 2.44. The average Bonchev–Trinajstić information content (AvgIpc) is 2.70. The minimum Gasteiger partial charge on any atom is -0.497 e. The van der Waals surface area contributed by atoms with Crippen molar-refractivity contribution in [3.8, 4) is 5.75 Å². The Balaban J connectivity index is 2.72. The van der Waals surface area contributed by atoms with Crippen LogP contribution in [0.25, 0.3) is 11.1 Å². The van der Waals surface area contributed by atoms with Crippen LogP contribution in [0.4, 0.5) is 0 Å². The van der Waals surface area contributed by atoms with Crippen molar-refractivity contribution in [2.75, 3.05) is 7.11 Å². The van der Waals surface area contributed by atoms with Crippen molar-refractivity contribution in [2.24, 2.45) is 0 Å². The van der Waals surface area contributed by atoms with Gasteiger partial charge in [-0.2, -0.15) is 0 Å². The Kier molecular flexibility index (Phi) is 2.75. The van der Waals surface area contributed by atoms with Gasteiger partial charge in [0.1, 0.15) is 16.8 Å². The molecule has 1 aromatic carbocycles. The molecule has 0 radical (unpaired) electrons. The molecule has 0 amide bonds. The van der Waals surface area contributed by atoms with E-state index in [-0.39, 0.29) is 11.5 Å². The summed E-state index contributed by atoms with van der Waals surface area (Å²) in [6.45, 7) is 3.87. The molecule has 0 bridgehead atoms. The molecule has 2 aromatic rings. The Labute approximate surface area is 98.0 Å². The summed E-state index contributed by atoms with van der Waals surface area (Å²) in [5.74, 6) is 0.0321. The van der Waals surface area contributed by atoms with Gasteiger partial charge in [-0.1, -0.05) is 13.8 Å². The quantitative estimate of drug-likeness (QED) is 0.885. The lowest BCUT2D eigenvalue weighted by atomic mass is 10.2. The summed E-state index contributed by atoms with van der Waals surface area (Å²) in [4.78, 5) is 15.4. The molecule has 0 aliphatic rings. The van der Waals surface area contributed by atoms with Crippen molar-refractivity contribution in [1.82, 2.24) is 4.98 Å². The topological polar surface area (TPSA) is 72.6 Å². The summed E-state index contributed by atoms with van der Waals surface area (Å²) in [5.41, 5.74) is 0.867. The molecule has 1 N–H and O–H groups in total. The summed E-state index contributed by atoms with van der Waals surface area (Å²) in [7, 11) is 1.48. The van der Waals surface area contributed by atoms with E-state index in [1.807, 2.05) is 13.8 Å². The molecular weight excluding hydrogens is 222 g/mol. The second-order valence-corrected chi connectivity index (χ2v) is 4.04. The first-order chi connectivity index (χ1) is 8.02. The molecule has 5 nitrogen and oxygen atoms in total. The molecule has 17 heavy (non-hydrogen) atoms. The molecule has 2 rings (SSSR count). The van der Waals surface area contributed by atoms with Crippen LogP contribution in [0.2, 0.25) is 0 Å². The smallest absolute Gasteiger partial charge is 0.339 e. The number of ether oxygens (including phenoxy) is 1. The Morgan fingerprint density at radius 1 is 1.47 bits per heavy atom. The number of fused-ring (bicyclic) bond motifs is 1. The first kappa shape index (κ1) is 11.4. The molecule has 0 saturated heterocycles. The lowest BCUT2D eigenvalue weighted by Gasteiger charge is -2.00. The molecule has 5 heteroatoms. The van der Waals surface area contributed by atoms with Crippen LogP contribution in [0.5, 0.6) is 5.75 Å². The first-order valence-corrected chi connectivity index (χ1v) is 5.24. The van der Waals surface area contributed by atoms with Gasteiger partial charge in [0.15, 0.2) is 11.5 Å². The molecular formula is C12H13NO4. The summed E-state index contributed by atoms with van der Waals surface area (Å²) in [6.07, 6.45) is 0. The minimum atomic E-state index is -1.06. The first-order valence-electron chi connectivity index (χ1n) is 5.24. The van der Waals surface area contributed by atoms with Gasteiger partial charge in [-0.25, -0.2) is 9.78 Å². The van der Waals surface area contributed by atoms with Crippen LogP contribution in [0.15, 0.2) is 16.5 Å². The largest absolute Gasteiger partial charge is 0.497 e. The zero-order valence-electron chi connectivity index (χ0n) is 9.85. The zero-order valence-corrected chi connectivity index (χ0v) is 9.85. The van der Waals surface area contributed by atoms with Crippen LogP contribution >= 0.6 is 0 Å². The van der Waals surface area contributed by atoms with E-state index in [1.54, 1.807) is 6.07 Å². The van der Waals surface area contributed by atoms with Gasteiger partial charge in [0.05, 0.1) is 7.11 Å². The Morgan fingerprint density at radius 3 is 2.71 bits per heavy atom. The van der Waals surface area contributed by atoms with Gasteiger partial charge in [0.2, 0.25) is 0 Å². The standard InChI is InChI=1S/C12H13NO4/c1-6(2)11-13-9-5-7(16-3)4-8(12(14)15)10(9)17-11/h4-6H,1-3H3,(H,14,15). The minimum absolute atomic E-state index is 0.0683. The molecule has 1 heterocycles. The number of rotatable bonds is 3. The van der Waals surface area contributed by atoms with Gasteiger partial charge in [-0.3, -0.25) is 0 Å². The zero-order chi connectivity index (χ0) is 12.6. The summed E-state index contributed by atoms with van der Waals surface area (Å²) in [5, 5.41) is 9.11. The second-order valence-electron chi connectivity index (χ2n) is 4.04. The Morgan fingerprint density at radius 2 is 2.18 bits per heavy atom. The molecule has 0 spiro atoms. The number of aromatic carboxylic acids is 1. The third-order valence-electron chi connectivity index (χ3n) is 2.44. The monoisotopic (exact) mass is 235 g/mol. The highest BCUT2D eigenvalue weighted by atomic mass is 16.5. The van der Waals surface area contributed by atoms with E-state index in [0.717, 1.165) is 0 Å². The Hall–Kier alpha value is -2.04. The summed E-state index contributed by atoms with van der Waals surface area (Å²) >= 11 is 0. The molecule has 0 aliphatic heterocycles. The number of carboxylic acids is 1. The van der Waals surface area contributed by atoms with Crippen LogP contribution < -0.4 is 4.74 Å².